The third kappa shape index (κ3) is 4.96. The number of carbonyl (C=O) groups is 2. The first-order valence-electron chi connectivity index (χ1n) is 7.74. The number of carbonyl (C=O) groups excluding carboxylic acids is 2. The standard InChI is InChI=1S/C17H23NO5/c1-21-14-7-5-13(6-8-14)12-18(10-9-16(19)22-2)17(20)15-4-3-11-23-15/h5-8,15H,3-4,9-12H2,1-2H3. The lowest BCUT2D eigenvalue weighted by Gasteiger charge is -2.25. The molecule has 0 N–H and O–H groups in total. The van der Waals surface area contributed by atoms with Crippen molar-refractivity contribution in [3.05, 3.63) is 29.8 Å². The Morgan fingerprint density at radius 1 is 1.26 bits per heavy atom. The quantitative estimate of drug-likeness (QED) is 0.716. The van der Waals surface area contributed by atoms with Crippen LogP contribution in [0.15, 0.2) is 24.3 Å². The van der Waals surface area contributed by atoms with Crippen molar-refractivity contribution in [1.29, 1.82) is 0 Å². The Labute approximate surface area is 136 Å². The highest BCUT2D eigenvalue weighted by Gasteiger charge is 2.28. The summed E-state index contributed by atoms with van der Waals surface area (Å²) < 4.78 is 15.3. The highest BCUT2D eigenvalue weighted by atomic mass is 16.5. The molecule has 1 aromatic rings. The van der Waals surface area contributed by atoms with Gasteiger partial charge in [-0.2, -0.15) is 0 Å². The first-order valence-corrected chi connectivity index (χ1v) is 7.74. The number of hydrogen-bond acceptors (Lipinski definition) is 5. The van der Waals surface area contributed by atoms with E-state index in [0.717, 1.165) is 24.2 Å². The molecule has 1 aliphatic heterocycles. The van der Waals surface area contributed by atoms with Gasteiger partial charge in [0.1, 0.15) is 11.9 Å². The smallest absolute Gasteiger partial charge is 0.307 e. The van der Waals surface area contributed by atoms with Crippen LogP contribution < -0.4 is 4.74 Å². The number of methoxy groups -OCH3 is 2. The van der Waals surface area contributed by atoms with Gasteiger partial charge in [-0.1, -0.05) is 12.1 Å². The van der Waals surface area contributed by atoms with Crippen LogP contribution >= 0.6 is 0 Å². The Morgan fingerprint density at radius 2 is 2.00 bits per heavy atom. The largest absolute Gasteiger partial charge is 0.497 e. The average Bonchev–Trinajstić information content (AvgIpc) is 3.12. The summed E-state index contributed by atoms with van der Waals surface area (Å²) in [6, 6.07) is 7.52. The summed E-state index contributed by atoms with van der Waals surface area (Å²) >= 11 is 0. The van der Waals surface area contributed by atoms with Gasteiger partial charge in [-0.3, -0.25) is 9.59 Å². The maximum atomic E-state index is 12.6. The number of amides is 1. The molecule has 23 heavy (non-hydrogen) atoms. The molecule has 0 aromatic heterocycles. The Kier molecular flexibility index (Phi) is 6.40. The van der Waals surface area contributed by atoms with Crippen molar-refractivity contribution in [3.8, 4) is 5.75 Å². The fourth-order valence-corrected chi connectivity index (χ4v) is 2.52. The summed E-state index contributed by atoms with van der Waals surface area (Å²) in [5, 5.41) is 0. The molecule has 0 aliphatic carbocycles. The lowest BCUT2D eigenvalue weighted by atomic mass is 10.1. The van der Waals surface area contributed by atoms with Crippen LogP contribution in [0.5, 0.6) is 5.75 Å². The maximum absolute atomic E-state index is 12.6. The average molecular weight is 321 g/mol. The van der Waals surface area contributed by atoms with Crippen molar-refractivity contribution in [1.82, 2.24) is 4.90 Å². The molecule has 0 bridgehead atoms. The molecule has 1 unspecified atom stereocenters. The van der Waals surface area contributed by atoms with Gasteiger partial charge in [0, 0.05) is 19.7 Å². The number of hydrogen-bond donors (Lipinski definition) is 0. The van der Waals surface area contributed by atoms with E-state index in [1.807, 2.05) is 24.3 Å². The molecular formula is C17H23NO5. The van der Waals surface area contributed by atoms with E-state index in [-0.39, 0.29) is 18.3 Å². The van der Waals surface area contributed by atoms with E-state index in [9.17, 15) is 9.59 Å². The van der Waals surface area contributed by atoms with Crippen molar-refractivity contribution >= 4 is 11.9 Å². The minimum Gasteiger partial charge on any atom is -0.497 e. The number of rotatable bonds is 7. The molecule has 1 saturated heterocycles. The Hall–Kier alpha value is -2.08. The van der Waals surface area contributed by atoms with Gasteiger partial charge >= 0.3 is 5.97 Å². The van der Waals surface area contributed by atoms with Gasteiger partial charge in [-0.05, 0) is 30.5 Å². The zero-order valence-corrected chi connectivity index (χ0v) is 13.6. The van der Waals surface area contributed by atoms with Gasteiger partial charge in [0.25, 0.3) is 5.91 Å². The summed E-state index contributed by atoms with van der Waals surface area (Å²) in [5.41, 5.74) is 0.974. The molecule has 1 aliphatic rings. The summed E-state index contributed by atoms with van der Waals surface area (Å²) in [4.78, 5) is 25.6. The topological polar surface area (TPSA) is 65.1 Å². The van der Waals surface area contributed by atoms with E-state index in [4.69, 9.17) is 9.47 Å². The molecule has 1 fully saturated rings. The van der Waals surface area contributed by atoms with Crippen LogP contribution in [0.1, 0.15) is 24.8 Å². The van der Waals surface area contributed by atoms with Crippen molar-refractivity contribution < 1.29 is 23.8 Å². The van der Waals surface area contributed by atoms with Crippen LogP contribution in [0.4, 0.5) is 0 Å². The number of esters is 1. The van der Waals surface area contributed by atoms with Crippen LogP contribution in [0.3, 0.4) is 0 Å². The molecular weight excluding hydrogens is 298 g/mol. The normalized spacial score (nSPS) is 16.9. The first-order chi connectivity index (χ1) is 11.1. The highest BCUT2D eigenvalue weighted by molar-refractivity contribution is 5.81. The van der Waals surface area contributed by atoms with E-state index in [1.54, 1.807) is 12.0 Å². The molecule has 1 aromatic carbocycles. The summed E-state index contributed by atoms with van der Waals surface area (Å²) in [7, 11) is 2.96. The maximum Gasteiger partial charge on any atom is 0.307 e. The van der Waals surface area contributed by atoms with Crippen LogP contribution in [-0.2, 0) is 25.6 Å². The summed E-state index contributed by atoms with van der Waals surface area (Å²) in [6.45, 7) is 1.36. The van der Waals surface area contributed by atoms with E-state index in [0.29, 0.717) is 19.7 Å². The van der Waals surface area contributed by atoms with Gasteiger partial charge < -0.3 is 19.1 Å². The second kappa shape index (κ2) is 8.53. The van der Waals surface area contributed by atoms with Crippen molar-refractivity contribution in [2.75, 3.05) is 27.4 Å². The molecule has 1 heterocycles. The van der Waals surface area contributed by atoms with Gasteiger partial charge in [0.05, 0.1) is 20.6 Å². The van der Waals surface area contributed by atoms with E-state index in [2.05, 4.69) is 4.74 Å². The molecule has 0 radical (unpaired) electrons. The fraction of sp³-hybridized carbons (Fsp3) is 0.529. The molecule has 2 rings (SSSR count). The highest BCUT2D eigenvalue weighted by Crippen LogP contribution is 2.18. The van der Waals surface area contributed by atoms with Crippen LogP contribution in [-0.4, -0.2) is 50.3 Å². The number of ether oxygens (including phenoxy) is 3. The molecule has 0 saturated carbocycles. The van der Waals surface area contributed by atoms with Crippen LogP contribution in [0.2, 0.25) is 0 Å². The van der Waals surface area contributed by atoms with Gasteiger partial charge in [-0.15, -0.1) is 0 Å². The van der Waals surface area contributed by atoms with Crippen molar-refractivity contribution in [3.63, 3.8) is 0 Å². The molecule has 126 valence electrons. The minimum atomic E-state index is -0.397. The first kappa shape index (κ1) is 17.3. The predicted octanol–water partition coefficient (Wildman–Crippen LogP) is 1.77. The molecule has 6 heteroatoms. The second-order valence-corrected chi connectivity index (χ2v) is 5.44. The third-order valence-corrected chi connectivity index (χ3v) is 3.86. The zero-order chi connectivity index (χ0) is 16.7. The molecule has 6 nitrogen and oxygen atoms in total. The minimum absolute atomic E-state index is 0.0674. The van der Waals surface area contributed by atoms with Crippen LogP contribution in [0, 0.1) is 0 Å². The second-order valence-electron chi connectivity index (χ2n) is 5.44. The van der Waals surface area contributed by atoms with Crippen molar-refractivity contribution in [2.24, 2.45) is 0 Å². The van der Waals surface area contributed by atoms with Crippen LogP contribution in [0.25, 0.3) is 0 Å². The Morgan fingerprint density at radius 3 is 2.57 bits per heavy atom. The summed E-state index contributed by atoms with van der Waals surface area (Å²) in [6.07, 6.45) is 1.40. The van der Waals surface area contributed by atoms with Gasteiger partial charge in [0.2, 0.25) is 0 Å². The molecule has 1 amide bonds. The Balaban J connectivity index is 2.04. The zero-order valence-electron chi connectivity index (χ0n) is 13.6. The Bertz CT molecular complexity index is 522. The molecule has 1 atom stereocenters. The number of nitrogens with zero attached hydrogens (tertiary/aromatic N) is 1. The lowest BCUT2D eigenvalue weighted by molar-refractivity contribution is -0.144. The monoisotopic (exact) mass is 321 g/mol. The lowest BCUT2D eigenvalue weighted by Crippen LogP contribution is -2.39. The SMILES string of the molecule is COC(=O)CCN(Cc1ccc(OC)cc1)C(=O)C1CCCO1. The predicted molar refractivity (Wildman–Crippen MR) is 84.0 cm³/mol. The fourth-order valence-electron chi connectivity index (χ4n) is 2.52. The molecule has 0 spiro atoms. The number of benzene rings is 1. The van der Waals surface area contributed by atoms with E-state index < -0.39 is 6.10 Å². The summed E-state index contributed by atoms with van der Waals surface area (Å²) in [5.74, 6) is 0.368. The third-order valence-electron chi connectivity index (χ3n) is 3.86. The van der Waals surface area contributed by atoms with E-state index >= 15 is 0 Å². The van der Waals surface area contributed by atoms with E-state index in [1.165, 1.54) is 7.11 Å². The van der Waals surface area contributed by atoms with Gasteiger partial charge in [0.15, 0.2) is 0 Å². The van der Waals surface area contributed by atoms with Gasteiger partial charge in [-0.25, -0.2) is 0 Å². The van der Waals surface area contributed by atoms with Crippen molar-refractivity contribution in [2.45, 2.75) is 31.9 Å².